The molecule has 1 fully saturated rings. The summed E-state index contributed by atoms with van der Waals surface area (Å²) in [5.74, 6) is 0.218. The van der Waals surface area contributed by atoms with Crippen LogP contribution < -0.4 is 10.5 Å². The number of benzene rings is 1. The van der Waals surface area contributed by atoms with Crippen LogP contribution in [0.15, 0.2) is 18.2 Å². The summed E-state index contributed by atoms with van der Waals surface area (Å²) in [5.41, 5.74) is 7.08. The maximum atomic E-state index is 10.8. The molecular weight excluding hydrogens is 274 g/mol. The van der Waals surface area contributed by atoms with E-state index in [1.54, 1.807) is 18.2 Å². The highest BCUT2D eigenvalue weighted by atomic mass is 16.7. The van der Waals surface area contributed by atoms with E-state index in [1.165, 1.54) is 6.92 Å². The van der Waals surface area contributed by atoms with Crippen LogP contribution in [0.5, 0.6) is 5.75 Å². The first-order valence-electron chi connectivity index (χ1n) is 7.03. The van der Waals surface area contributed by atoms with Gasteiger partial charge in [-0.2, -0.15) is 0 Å². The summed E-state index contributed by atoms with van der Waals surface area (Å²) in [4.78, 5) is 10.8. The van der Waals surface area contributed by atoms with Crippen molar-refractivity contribution in [1.82, 2.24) is 0 Å². The summed E-state index contributed by atoms with van der Waals surface area (Å²) in [7, 11) is 0. The minimum Gasteiger partial charge on any atom is -0.463 e. The molecule has 21 heavy (non-hydrogen) atoms. The Morgan fingerprint density at radius 2 is 2.29 bits per heavy atom. The third-order valence-electron chi connectivity index (χ3n) is 3.30. The number of ether oxygens (including phenoxy) is 3. The molecule has 0 spiro atoms. The van der Waals surface area contributed by atoms with Crippen molar-refractivity contribution in [2.75, 3.05) is 12.3 Å². The van der Waals surface area contributed by atoms with Gasteiger partial charge in [0.2, 0.25) is 0 Å². The number of esters is 1. The molecule has 0 radical (unpaired) electrons. The fourth-order valence-electron chi connectivity index (χ4n) is 2.23. The van der Waals surface area contributed by atoms with Gasteiger partial charge in [0, 0.05) is 13.3 Å². The molecule has 0 aliphatic carbocycles. The molecule has 6 heteroatoms. The summed E-state index contributed by atoms with van der Waals surface area (Å²) in [6, 6.07) is 5.15. The molecule has 0 aromatic heterocycles. The number of rotatable bonds is 5. The van der Waals surface area contributed by atoms with Crippen molar-refractivity contribution in [3.63, 3.8) is 0 Å². The second-order valence-corrected chi connectivity index (χ2v) is 5.07. The zero-order valence-electron chi connectivity index (χ0n) is 12.1. The minimum absolute atomic E-state index is 0.0606. The van der Waals surface area contributed by atoms with Gasteiger partial charge in [-0.15, -0.1) is 0 Å². The molecule has 0 bridgehead atoms. The highest BCUT2D eigenvalue weighted by Gasteiger charge is 2.25. The van der Waals surface area contributed by atoms with Gasteiger partial charge in [-0.1, -0.05) is 6.07 Å². The normalized spacial score (nSPS) is 21.8. The van der Waals surface area contributed by atoms with Crippen molar-refractivity contribution in [1.29, 1.82) is 0 Å². The molecule has 1 aromatic rings. The van der Waals surface area contributed by atoms with E-state index in [1.807, 2.05) is 0 Å². The number of nitrogen functional groups attached to an aromatic ring is 1. The second-order valence-electron chi connectivity index (χ2n) is 5.07. The molecule has 1 aromatic carbocycles. The van der Waals surface area contributed by atoms with E-state index in [2.05, 4.69) is 0 Å². The minimum atomic E-state index is -0.401. The van der Waals surface area contributed by atoms with Gasteiger partial charge in [0.25, 0.3) is 0 Å². The fourth-order valence-corrected chi connectivity index (χ4v) is 2.23. The molecular formula is C15H21NO5. The van der Waals surface area contributed by atoms with Crippen LogP contribution in [-0.2, 0) is 20.9 Å². The molecule has 1 saturated heterocycles. The Balaban J connectivity index is 1.91. The molecule has 116 valence electrons. The highest BCUT2D eigenvalue weighted by Crippen LogP contribution is 2.27. The van der Waals surface area contributed by atoms with Gasteiger partial charge in [0.15, 0.2) is 6.29 Å². The van der Waals surface area contributed by atoms with E-state index in [0.29, 0.717) is 11.4 Å². The largest absolute Gasteiger partial charge is 0.463 e. The third kappa shape index (κ3) is 4.61. The van der Waals surface area contributed by atoms with Gasteiger partial charge in [-0.3, -0.25) is 4.79 Å². The van der Waals surface area contributed by atoms with E-state index >= 15 is 0 Å². The van der Waals surface area contributed by atoms with E-state index in [0.717, 1.165) is 24.8 Å². The number of anilines is 1. The molecule has 2 atom stereocenters. The number of carbonyl (C=O) groups is 1. The average molecular weight is 295 g/mol. The molecule has 6 nitrogen and oxygen atoms in total. The Labute approximate surface area is 123 Å². The highest BCUT2D eigenvalue weighted by molar-refractivity contribution is 5.65. The Hall–Kier alpha value is -1.79. The maximum Gasteiger partial charge on any atom is 0.302 e. The molecule has 1 aliphatic heterocycles. The van der Waals surface area contributed by atoms with Gasteiger partial charge in [-0.05, 0) is 30.5 Å². The van der Waals surface area contributed by atoms with Crippen molar-refractivity contribution in [3.8, 4) is 5.75 Å². The Morgan fingerprint density at radius 1 is 1.48 bits per heavy atom. The Bertz CT molecular complexity index is 491. The van der Waals surface area contributed by atoms with Gasteiger partial charge >= 0.3 is 5.97 Å². The van der Waals surface area contributed by atoms with Crippen LogP contribution in [-0.4, -0.2) is 30.1 Å². The van der Waals surface area contributed by atoms with E-state index in [9.17, 15) is 4.79 Å². The molecule has 0 amide bonds. The molecule has 3 N–H and O–H groups in total. The van der Waals surface area contributed by atoms with Crippen molar-refractivity contribution in [3.05, 3.63) is 23.8 Å². The number of nitrogens with two attached hydrogens (primary N) is 1. The number of aliphatic hydroxyl groups is 1. The first-order chi connectivity index (χ1) is 10.1. The molecule has 0 unspecified atom stereocenters. The molecule has 0 saturated carbocycles. The van der Waals surface area contributed by atoms with Crippen LogP contribution in [0.2, 0.25) is 0 Å². The topological polar surface area (TPSA) is 91.0 Å². The van der Waals surface area contributed by atoms with Crippen LogP contribution in [0.25, 0.3) is 0 Å². The summed E-state index contributed by atoms with van der Waals surface area (Å²) in [6.07, 6.45) is 1.99. The molecule has 2 rings (SSSR count). The summed E-state index contributed by atoms with van der Waals surface area (Å²) >= 11 is 0. The summed E-state index contributed by atoms with van der Waals surface area (Å²) < 4.78 is 16.5. The fraction of sp³-hybridized carbons (Fsp3) is 0.533. The third-order valence-corrected chi connectivity index (χ3v) is 3.30. The molecule has 1 heterocycles. The number of aliphatic hydroxyl groups excluding tert-OH is 1. The predicted molar refractivity (Wildman–Crippen MR) is 76.6 cm³/mol. The van der Waals surface area contributed by atoms with Crippen LogP contribution in [0.1, 0.15) is 31.7 Å². The van der Waals surface area contributed by atoms with Crippen molar-refractivity contribution >= 4 is 11.7 Å². The lowest BCUT2D eigenvalue weighted by Gasteiger charge is -2.30. The predicted octanol–water partition coefficient (Wildman–Crippen LogP) is 1.60. The smallest absolute Gasteiger partial charge is 0.302 e. The quantitative estimate of drug-likeness (QED) is 0.633. The number of hydrogen-bond donors (Lipinski definition) is 2. The van der Waals surface area contributed by atoms with Crippen LogP contribution in [0.3, 0.4) is 0 Å². The van der Waals surface area contributed by atoms with E-state index in [4.69, 9.17) is 25.1 Å². The standard InChI is InChI=1S/C15H21NO5/c1-10(18)19-9-12-3-2-4-15(20-12)21-14-6-5-11(8-17)7-13(14)16/h5-7,12,15,17H,2-4,8-9,16H2,1H3/t12-,15+/m1/s1. The van der Waals surface area contributed by atoms with Crippen molar-refractivity contribution < 1.29 is 24.1 Å². The van der Waals surface area contributed by atoms with E-state index in [-0.39, 0.29) is 25.3 Å². The van der Waals surface area contributed by atoms with Gasteiger partial charge in [0.1, 0.15) is 12.4 Å². The summed E-state index contributed by atoms with van der Waals surface area (Å²) in [5, 5.41) is 9.05. The van der Waals surface area contributed by atoms with Gasteiger partial charge < -0.3 is 25.1 Å². The lowest BCUT2D eigenvalue weighted by molar-refractivity contribution is -0.172. The maximum absolute atomic E-state index is 10.8. The van der Waals surface area contributed by atoms with Crippen LogP contribution in [0.4, 0.5) is 5.69 Å². The SMILES string of the molecule is CC(=O)OC[C@H]1CCC[C@H](Oc2ccc(CO)cc2N)O1. The second kappa shape index (κ2) is 7.28. The first kappa shape index (κ1) is 15.6. The zero-order chi connectivity index (χ0) is 15.2. The number of carbonyl (C=O) groups excluding carboxylic acids is 1. The van der Waals surface area contributed by atoms with Crippen LogP contribution in [0, 0.1) is 0 Å². The molecule has 1 aliphatic rings. The van der Waals surface area contributed by atoms with E-state index < -0.39 is 6.29 Å². The Kier molecular flexibility index (Phi) is 5.41. The summed E-state index contributed by atoms with van der Waals surface area (Å²) in [6.45, 7) is 1.56. The Morgan fingerprint density at radius 3 is 2.95 bits per heavy atom. The first-order valence-corrected chi connectivity index (χ1v) is 7.03. The zero-order valence-corrected chi connectivity index (χ0v) is 12.1. The lowest BCUT2D eigenvalue weighted by Crippen LogP contribution is -2.35. The monoisotopic (exact) mass is 295 g/mol. The van der Waals surface area contributed by atoms with Crippen molar-refractivity contribution in [2.24, 2.45) is 0 Å². The van der Waals surface area contributed by atoms with Crippen LogP contribution >= 0.6 is 0 Å². The lowest BCUT2D eigenvalue weighted by atomic mass is 10.1. The average Bonchev–Trinajstić information content (AvgIpc) is 2.47. The van der Waals surface area contributed by atoms with Crippen molar-refractivity contribution in [2.45, 2.75) is 45.2 Å². The van der Waals surface area contributed by atoms with Gasteiger partial charge in [0.05, 0.1) is 18.4 Å². The number of hydrogen-bond acceptors (Lipinski definition) is 6. The van der Waals surface area contributed by atoms with Gasteiger partial charge in [-0.25, -0.2) is 0 Å².